The topological polar surface area (TPSA) is 61.4 Å². The van der Waals surface area contributed by atoms with Gasteiger partial charge in [0.2, 0.25) is 10.0 Å². The average molecular weight is 374 g/mol. The minimum Gasteiger partial charge on any atom is -0.314 e. The van der Waals surface area contributed by atoms with Gasteiger partial charge in [0.25, 0.3) is 0 Å². The number of aryl methyl sites for hydroxylation is 1. The molecule has 0 radical (unpaired) electrons. The summed E-state index contributed by atoms with van der Waals surface area (Å²) in [6, 6.07) is 17.5. The molecule has 1 aliphatic rings. The molecule has 1 saturated heterocycles. The van der Waals surface area contributed by atoms with Crippen molar-refractivity contribution in [3.05, 3.63) is 65.7 Å². The van der Waals surface area contributed by atoms with Gasteiger partial charge in [0.15, 0.2) is 0 Å². The second-order valence-corrected chi connectivity index (χ2v) is 8.33. The largest absolute Gasteiger partial charge is 0.314 e. The van der Waals surface area contributed by atoms with Crippen LogP contribution in [-0.2, 0) is 16.4 Å². The first kappa shape index (κ1) is 19.0. The van der Waals surface area contributed by atoms with Gasteiger partial charge in [-0.25, -0.2) is 13.1 Å². The van der Waals surface area contributed by atoms with Crippen LogP contribution in [0.3, 0.4) is 0 Å². The highest BCUT2D eigenvalue weighted by Crippen LogP contribution is 2.22. The number of hydrogen-bond acceptors (Lipinski definition) is 4. The molecule has 1 aliphatic heterocycles. The van der Waals surface area contributed by atoms with Crippen LogP contribution in [0.4, 0.5) is 0 Å². The van der Waals surface area contributed by atoms with Crippen molar-refractivity contribution in [2.45, 2.75) is 24.3 Å². The zero-order valence-electron chi connectivity index (χ0n) is 15.2. The van der Waals surface area contributed by atoms with E-state index in [0.29, 0.717) is 18.0 Å². The van der Waals surface area contributed by atoms with Gasteiger partial charge in [-0.2, -0.15) is 0 Å². The Kier molecular flexibility index (Phi) is 6.43. The fraction of sp³-hybridized carbons (Fsp3) is 0.400. The van der Waals surface area contributed by atoms with E-state index in [1.807, 2.05) is 6.07 Å². The summed E-state index contributed by atoms with van der Waals surface area (Å²) in [5.41, 5.74) is 2.61. The van der Waals surface area contributed by atoms with Crippen molar-refractivity contribution in [3.63, 3.8) is 0 Å². The summed E-state index contributed by atoms with van der Waals surface area (Å²) in [6.45, 7) is 5.97. The standard InChI is InChI=1S/C20H27N3O2S/c1-2-17-8-10-18(11-9-17)20-16-21-12-14-23(20)15-13-22-26(24,25)19-6-4-3-5-7-19/h3-11,20-22H,2,12-16H2,1H3. The number of nitrogens with zero attached hydrogens (tertiary/aromatic N) is 1. The fourth-order valence-corrected chi connectivity index (χ4v) is 4.37. The maximum Gasteiger partial charge on any atom is 0.240 e. The van der Waals surface area contributed by atoms with E-state index in [-0.39, 0.29) is 6.04 Å². The second kappa shape index (κ2) is 8.77. The van der Waals surface area contributed by atoms with Crippen LogP contribution in [0.5, 0.6) is 0 Å². The van der Waals surface area contributed by atoms with E-state index in [2.05, 4.69) is 46.1 Å². The van der Waals surface area contributed by atoms with Gasteiger partial charge in [-0.1, -0.05) is 49.4 Å². The van der Waals surface area contributed by atoms with Gasteiger partial charge in [0, 0.05) is 38.8 Å². The zero-order chi connectivity index (χ0) is 18.4. The molecule has 6 heteroatoms. The fourth-order valence-electron chi connectivity index (χ4n) is 3.32. The van der Waals surface area contributed by atoms with Crippen molar-refractivity contribution in [2.24, 2.45) is 0 Å². The Balaban J connectivity index is 1.61. The molecule has 2 N–H and O–H groups in total. The molecule has 0 amide bonds. The molecule has 1 atom stereocenters. The first-order chi connectivity index (χ1) is 12.6. The normalized spacial score (nSPS) is 18.7. The van der Waals surface area contributed by atoms with E-state index in [1.54, 1.807) is 24.3 Å². The highest BCUT2D eigenvalue weighted by atomic mass is 32.2. The van der Waals surface area contributed by atoms with E-state index >= 15 is 0 Å². The van der Waals surface area contributed by atoms with Gasteiger partial charge < -0.3 is 5.32 Å². The quantitative estimate of drug-likeness (QED) is 0.781. The van der Waals surface area contributed by atoms with Crippen molar-refractivity contribution in [3.8, 4) is 0 Å². The van der Waals surface area contributed by atoms with E-state index < -0.39 is 10.0 Å². The van der Waals surface area contributed by atoms with Crippen LogP contribution in [0.1, 0.15) is 24.1 Å². The molecule has 0 aliphatic carbocycles. The predicted octanol–water partition coefficient (Wildman–Crippen LogP) is 2.17. The Labute approximate surface area is 156 Å². The van der Waals surface area contributed by atoms with Crippen LogP contribution >= 0.6 is 0 Å². The summed E-state index contributed by atoms with van der Waals surface area (Å²) in [5.74, 6) is 0. The van der Waals surface area contributed by atoms with Gasteiger partial charge in [0.05, 0.1) is 4.90 Å². The SMILES string of the molecule is CCc1ccc(C2CNCCN2CCNS(=O)(=O)c2ccccc2)cc1. The molecule has 0 bridgehead atoms. The molecule has 2 aromatic rings. The van der Waals surface area contributed by atoms with E-state index in [1.165, 1.54) is 11.1 Å². The zero-order valence-corrected chi connectivity index (χ0v) is 16.0. The maximum absolute atomic E-state index is 12.4. The van der Waals surface area contributed by atoms with Gasteiger partial charge in [0.1, 0.15) is 0 Å². The van der Waals surface area contributed by atoms with Crippen molar-refractivity contribution >= 4 is 10.0 Å². The Hall–Kier alpha value is -1.73. The first-order valence-electron chi connectivity index (χ1n) is 9.18. The summed E-state index contributed by atoms with van der Waals surface area (Å²) in [5, 5.41) is 3.44. The van der Waals surface area contributed by atoms with Crippen LogP contribution in [0.25, 0.3) is 0 Å². The highest BCUT2D eigenvalue weighted by Gasteiger charge is 2.24. The smallest absolute Gasteiger partial charge is 0.240 e. The molecular weight excluding hydrogens is 346 g/mol. The Morgan fingerprint density at radius 3 is 2.54 bits per heavy atom. The lowest BCUT2D eigenvalue weighted by Crippen LogP contribution is -2.48. The highest BCUT2D eigenvalue weighted by molar-refractivity contribution is 7.89. The Morgan fingerprint density at radius 1 is 1.12 bits per heavy atom. The van der Waals surface area contributed by atoms with Crippen molar-refractivity contribution < 1.29 is 8.42 Å². The third-order valence-corrected chi connectivity index (χ3v) is 6.35. The molecule has 1 fully saturated rings. The predicted molar refractivity (Wildman–Crippen MR) is 105 cm³/mol. The molecule has 26 heavy (non-hydrogen) atoms. The summed E-state index contributed by atoms with van der Waals surface area (Å²) < 4.78 is 27.4. The Bertz CT molecular complexity index is 792. The lowest BCUT2D eigenvalue weighted by molar-refractivity contribution is 0.165. The molecule has 3 rings (SSSR count). The number of sulfonamides is 1. The van der Waals surface area contributed by atoms with Crippen LogP contribution in [0, 0.1) is 0 Å². The molecular formula is C20H27N3O2S. The maximum atomic E-state index is 12.4. The molecule has 140 valence electrons. The third kappa shape index (κ3) is 4.71. The lowest BCUT2D eigenvalue weighted by Gasteiger charge is -2.36. The monoisotopic (exact) mass is 373 g/mol. The second-order valence-electron chi connectivity index (χ2n) is 6.56. The van der Waals surface area contributed by atoms with Gasteiger partial charge >= 0.3 is 0 Å². The minimum absolute atomic E-state index is 0.274. The van der Waals surface area contributed by atoms with Crippen LogP contribution in [0.2, 0.25) is 0 Å². The number of benzene rings is 2. The lowest BCUT2D eigenvalue weighted by atomic mass is 10.0. The molecule has 1 heterocycles. The van der Waals surface area contributed by atoms with Crippen molar-refractivity contribution in [1.29, 1.82) is 0 Å². The number of rotatable bonds is 7. The molecule has 2 aromatic carbocycles. The van der Waals surface area contributed by atoms with Crippen LogP contribution in [0.15, 0.2) is 59.5 Å². The van der Waals surface area contributed by atoms with Gasteiger partial charge in [-0.05, 0) is 29.7 Å². The number of hydrogen-bond donors (Lipinski definition) is 2. The van der Waals surface area contributed by atoms with E-state index in [4.69, 9.17) is 0 Å². The molecule has 5 nitrogen and oxygen atoms in total. The molecule has 1 unspecified atom stereocenters. The molecule has 0 spiro atoms. The van der Waals surface area contributed by atoms with Crippen LogP contribution < -0.4 is 10.0 Å². The van der Waals surface area contributed by atoms with Crippen molar-refractivity contribution in [2.75, 3.05) is 32.7 Å². The molecule has 0 aromatic heterocycles. The third-order valence-electron chi connectivity index (χ3n) is 4.87. The van der Waals surface area contributed by atoms with E-state index in [0.717, 1.165) is 26.1 Å². The van der Waals surface area contributed by atoms with Crippen LogP contribution in [-0.4, -0.2) is 46.0 Å². The van der Waals surface area contributed by atoms with Crippen molar-refractivity contribution in [1.82, 2.24) is 14.9 Å². The number of nitrogens with one attached hydrogen (secondary N) is 2. The van der Waals surface area contributed by atoms with E-state index in [9.17, 15) is 8.42 Å². The van der Waals surface area contributed by atoms with Gasteiger partial charge in [-0.3, -0.25) is 4.90 Å². The summed E-state index contributed by atoms with van der Waals surface area (Å²) in [6.07, 6.45) is 1.04. The summed E-state index contributed by atoms with van der Waals surface area (Å²) in [4.78, 5) is 2.66. The molecule has 0 saturated carbocycles. The summed E-state index contributed by atoms with van der Waals surface area (Å²) in [7, 11) is -3.44. The number of piperazine rings is 1. The Morgan fingerprint density at radius 2 is 1.85 bits per heavy atom. The average Bonchev–Trinajstić information content (AvgIpc) is 2.69. The summed E-state index contributed by atoms with van der Waals surface area (Å²) >= 11 is 0. The minimum atomic E-state index is -3.44. The van der Waals surface area contributed by atoms with Gasteiger partial charge in [-0.15, -0.1) is 0 Å². The first-order valence-corrected chi connectivity index (χ1v) is 10.7.